The SMILES string of the molecule is CC(Cc1cccc(F)c1)NC(C)c1ccsc1. The normalized spacial score (nSPS) is 14.4. The zero-order valence-electron chi connectivity index (χ0n) is 10.7. The van der Waals surface area contributed by atoms with Crippen LogP contribution in [0.4, 0.5) is 4.39 Å². The Balaban J connectivity index is 1.91. The van der Waals surface area contributed by atoms with Crippen LogP contribution in [0.25, 0.3) is 0 Å². The second-order valence-electron chi connectivity index (χ2n) is 4.68. The van der Waals surface area contributed by atoms with Crippen molar-refractivity contribution >= 4 is 11.3 Å². The van der Waals surface area contributed by atoms with Gasteiger partial charge in [0.05, 0.1) is 0 Å². The molecule has 18 heavy (non-hydrogen) atoms. The van der Waals surface area contributed by atoms with Gasteiger partial charge in [0.1, 0.15) is 5.82 Å². The van der Waals surface area contributed by atoms with E-state index < -0.39 is 0 Å². The molecule has 1 heterocycles. The van der Waals surface area contributed by atoms with Gasteiger partial charge in [-0.3, -0.25) is 0 Å². The second-order valence-corrected chi connectivity index (χ2v) is 5.46. The Hall–Kier alpha value is -1.19. The van der Waals surface area contributed by atoms with E-state index in [-0.39, 0.29) is 5.82 Å². The van der Waals surface area contributed by atoms with E-state index in [4.69, 9.17) is 0 Å². The summed E-state index contributed by atoms with van der Waals surface area (Å²) in [5.74, 6) is -0.161. The summed E-state index contributed by atoms with van der Waals surface area (Å²) in [6.07, 6.45) is 0.840. The molecule has 2 rings (SSSR count). The highest BCUT2D eigenvalue weighted by Crippen LogP contribution is 2.17. The van der Waals surface area contributed by atoms with Crippen molar-refractivity contribution in [2.24, 2.45) is 0 Å². The Morgan fingerprint density at radius 1 is 1.28 bits per heavy atom. The molecule has 1 nitrogen and oxygen atoms in total. The number of rotatable bonds is 5. The lowest BCUT2D eigenvalue weighted by Gasteiger charge is -2.19. The molecule has 3 heteroatoms. The van der Waals surface area contributed by atoms with Gasteiger partial charge in [-0.2, -0.15) is 11.3 Å². The van der Waals surface area contributed by atoms with Crippen LogP contribution in [0.3, 0.4) is 0 Å². The van der Waals surface area contributed by atoms with Crippen LogP contribution >= 0.6 is 11.3 Å². The Morgan fingerprint density at radius 2 is 2.11 bits per heavy atom. The summed E-state index contributed by atoms with van der Waals surface area (Å²) in [7, 11) is 0. The van der Waals surface area contributed by atoms with Crippen molar-refractivity contribution in [2.75, 3.05) is 0 Å². The Labute approximate surface area is 112 Å². The smallest absolute Gasteiger partial charge is 0.123 e. The monoisotopic (exact) mass is 263 g/mol. The largest absolute Gasteiger partial charge is 0.307 e. The Morgan fingerprint density at radius 3 is 2.78 bits per heavy atom. The summed E-state index contributed by atoms with van der Waals surface area (Å²) in [4.78, 5) is 0. The van der Waals surface area contributed by atoms with Crippen molar-refractivity contribution in [3.63, 3.8) is 0 Å². The molecule has 0 spiro atoms. The minimum Gasteiger partial charge on any atom is -0.307 e. The number of thiophene rings is 1. The van der Waals surface area contributed by atoms with Crippen molar-refractivity contribution in [3.05, 3.63) is 58.0 Å². The summed E-state index contributed by atoms with van der Waals surface area (Å²) in [5, 5.41) is 7.78. The van der Waals surface area contributed by atoms with E-state index in [1.165, 1.54) is 11.6 Å². The molecule has 0 aliphatic heterocycles. The van der Waals surface area contributed by atoms with Crippen LogP contribution in [0.1, 0.15) is 31.0 Å². The predicted molar refractivity (Wildman–Crippen MR) is 75.4 cm³/mol. The van der Waals surface area contributed by atoms with Gasteiger partial charge in [0.15, 0.2) is 0 Å². The molecular weight excluding hydrogens is 245 g/mol. The molecule has 0 amide bonds. The minimum absolute atomic E-state index is 0.161. The summed E-state index contributed by atoms with van der Waals surface area (Å²) >= 11 is 1.71. The topological polar surface area (TPSA) is 12.0 Å². The number of nitrogens with one attached hydrogen (secondary N) is 1. The maximum absolute atomic E-state index is 13.1. The van der Waals surface area contributed by atoms with Gasteiger partial charge in [-0.15, -0.1) is 0 Å². The van der Waals surface area contributed by atoms with E-state index in [1.807, 2.05) is 6.07 Å². The van der Waals surface area contributed by atoms with E-state index in [0.717, 1.165) is 12.0 Å². The minimum atomic E-state index is -0.161. The van der Waals surface area contributed by atoms with Gasteiger partial charge < -0.3 is 5.32 Å². The third-order valence-corrected chi connectivity index (χ3v) is 3.71. The third-order valence-electron chi connectivity index (χ3n) is 3.01. The molecule has 1 N–H and O–H groups in total. The molecule has 0 radical (unpaired) electrons. The second kappa shape index (κ2) is 6.12. The lowest BCUT2D eigenvalue weighted by atomic mass is 10.1. The number of halogens is 1. The van der Waals surface area contributed by atoms with Crippen molar-refractivity contribution in [1.82, 2.24) is 5.32 Å². The average molecular weight is 263 g/mol. The van der Waals surface area contributed by atoms with E-state index in [2.05, 4.69) is 36.0 Å². The van der Waals surface area contributed by atoms with Gasteiger partial charge in [0.25, 0.3) is 0 Å². The molecule has 2 unspecified atom stereocenters. The summed E-state index contributed by atoms with van der Waals surface area (Å²) in [6.45, 7) is 4.29. The average Bonchev–Trinajstić information content (AvgIpc) is 2.81. The van der Waals surface area contributed by atoms with Crippen molar-refractivity contribution in [3.8, 4) is 0 Å². The molecule has 1 aromatic carbocycles. The van der Waals surface area contributed by atoms with Gasteiger partial charge in [-0.1, -0.05) is 12.1 Å². The molecule has 0 bridgehead atoms. The molecule has 2 aromatic rings. The van der Waals surface area contributed by atoms with Crippen molar-refractivity contribution < 1.29 is 4.39 Å². The predicted octanol–water partition coefficient (Wildman–Crippen LogP) is 4.17. The van der Waals surface area contributed by atoms with Crippen LogP contribution in [0.5, 0.6) is 0 Å². The number of hydrogen-bond acceptors (Lipinski definition) is 2. The van der Waals surface area contributed by atoms with Crippen LogP contribution in [-0.2, 0) is 6.42 Å². The fourth-order valence-corrected chi connectivity index (χ4v) is 2.87. The number of hydrogen-bond donors (Lipinski definition) is 1. The first kappa shape index (κ1) is 13.2. The summed E-state index contributed by atoms with van der Waals surface area (Å²) in [5.41, 5.74) is 2.35. The van der Waals surface area contributed by atoms with E-state index in [0.29, 0.717) is 12.1 Å². The van der Waals surface area contributed by atoms with Gasteiger partial charge >= 0.3 is 0 Å². The summed E-state index contributed by atoms with van der Waals surface area (Å²) in [6, 6.07) is 9.61. The first-order valence-corrected chi connectivity index (χ1v) is 7.12. The maximum Gasteiger partial charge on any atom is 0.123 e. The standard InChI is InChI=1S/C15H18FNS/c1-11(8-13-4-3-5-15(16)9-13)17-12(2)14-6-7-18-10-14/h3-7,9-12,17H,8H2,1-2H3. The van der Waals surface area contributed by atoms with E-state index in [9.17, 15) is 4.39 Å². The highest BCUT2D eigenvalue weighted by Gasteiger charge is 2.10. The molecular formula is C15H18FNS. The fraction of sp³-hybridized carbons (Fsp3) is 0.333. The Kier molecular flexibility index (Phi) is 4.50. The van der Waals surface area contributed by atoms with E-state index in [1.54, 1.807) is 23.5 Å². The molecule has 0 aliphatic carbocycles. The summed E-state index contributed by atoms with van der Waals surface area (Å²) < 4.78 is 13.1. The third kappa shape index (κ3) is 3.65. The lowest BCUT2D eigenvalue weighted by molar-refractivity contribution is 0.477. The first-order chi connectivity index (χ1) is 8.65. The highest BCUT2D eigenvalue weighted by molar-refractivity contribution is 7.07. The maximum atomic E-state index is 13.1. The van der Waals surface area contributed by atoms with Crippen molar-refractivity contribution in [1.29, 1.82) is 0 Å². The number of benzene rings is 1. The van der Waals surface area contributed by atoms with Gasteiger partial charge in [0, 0.05) is 12.1 Å². The van der Waals surface area contributed by atoms with Crippen LogP contribution in [0.2, 0.25) is 0 Å². The molecule has 0 fully saturated rings. The first-order valence-electron chi connectivity index (χ1n) is 6.17. The molecule has 0 aliphatic rings. The van der Waals surface area contributed by atoms with E-state index >= 15 is 0 Å². The van der Waals surface area contributed by atoms with Gasteiger partial charge in [-0.25, -0.2) is 4.39 Å². The van der Waals surface area contributed by atoms with Crippen LogP contribution in [-0.4, -0.2) is 6.04 Å². The van der Waals surface area contributed by atoms with Gasteiger partial charge in [-0.05, 0) is 60.4 Å². The van der Waals surface area contributed by atoms with Crippen LogP contribution in [0.15, 0.2) is 41.1 Å². The molecule has 2 atom stereocenters. The quantitative estimate of drug-likeness (QED) is 0.853. The zero-order chi connectivity index (χ0) is 13.0. The lowest BCUT2D eigenvalue weighted by Crippen LogP contribution is -2.30. The van der Waals surface area contributed by atoms with Crippen molar-refractivity contribution in [2.45, 2.75) is 32.4 Å². The molecule has 0 saturated carbocycles. The zero-order valence-corrected chi connectivity index (χ0v) is 11.5. The molecule has 96 valence electrons. The van der Waals surface area contributed by atoms with Crippen LogP contribution in [0, 0.1) is 5.82 Å². The Bertz CT molecular complexity index is 481. The van der Waals surface area contributed by atoms with Crippen LogP contribution < -0.4 is 5.32 Å². The highest BCUT2D eigenvalue weighted by atomic mass is 32.1. The fourth-order valence-electron chi connectivity index (χ4n) is 2.12. The molecule has 1 aromatic heterocycles. The molecule has 0 saturated heterocycles. The van der Waals surface area contributed by atoms with Gasteiger partial charge in [0.2, 0.25) is 0 Å².